The van der Waals surface area contributed by atoms with E-state index in [0.29, 0.717) is 32.2 Å². The average molecular weight is 335 g/mol. The number of carbonyl (C=O) groups is 4. The van der Waals surface area contributed by atoms with Crippen molar-refractivity contribution in [2.45, 2.75) is 38.6 Å². The van der Waals surface area contributed by atoms with Crippen LogP contribution >= 0.6 is 0 Å². The third-order valence-corrected chi connectivity index (χ3v) is 4.84. The van der Waals surface area contributed by atoms with Gasteiger partial charge in [0.15, 0.2) is 0 Å². The van der Waals surface area contributed by atoms with E-state index in [1.54, 1.807) is 21.0 Å². The summed E-state index contributed by atoms with van der Waals surface area (Å²) in [7, 11) is 3.19. The smallest absolute Gasteiger partial charge is 0.245 e. The van der Waals surface area contributed by atoms with E-state index < -0.39 is 6.04 Å². The van der Waals surface area contributed by atoms with Crippen molar-refractivity contribution < 1.29 is 19.2 Å². The van der Waals surface area contributed by atoms with Crippen LogP contribution in [0, 0.1) is 11.8 Å². The van der Waals surface area contributed by atoms with Gasteiger partial charge in [-0.05, 0) is 26.2 Å². The predicted octanol–water partition coefficient (Wildman–Crippen LogP) is 0.311. The van der Waals surface area contributed by atoms with Gasteiger partial charge in [-0.2, -0.15) is 0 Å². The van der Waals surface area contributed by atoms with E-state index in [4.69, 9.17) is 0 Å². The van der Waals surface area contributed by atoms with Crippen LogP contribution in [-0.2, 0) is 19.2 Å². The topological polar surface area (TPSA) is 86.8 Å². The average Bonchev–Trinajstić information content (AvgIpc) is 2.84. The molecule has 1 aliphatic heterocycles. The van der Waals surface area contributed by atoms with Gasteiger partial charge in [0.1, 0.15) is 6.04 Å². The lowest BCUT2D eigenvalue weighted by Gasteiger charge is -2.27. The molecule has 132 valence electrons. The highest BCUT2D eigenvalue weighted by Gasteiger charge is 2.50. The Balaban J connectivity index is 1.96. The number of likely N-dealkylation sites (N-methyl/N-ethyl adjacent to an activating group) is 1. The Morgan fingerprint density at radius 3 is 2.29 bits per heavy atom. The Morgan fingerprint density at radius 1 is 1.25 bits per heavy atom. The normalized spacial score (nSPS) is 23.9. The highest BCUT2D eigenvalue weighted by atomic mass is 16.2. The fourth-order valence-corrected chi connectivity index (χ4v) is 3.35. The summed E-state index contributed by atoms with van der Waals surface area (Å²) in [5, 5.41) is 2.53. The highest BCUT2D eigenvalue weighted by molar-refractivity contribution is 6.08. The third kappa shape index (κ3) is 3.49. The molecule has 1 aliphatic carbocycles. The summed E-state index contributed by atoms with van der Waals surface area (Å²) in [6.07, 6.45) is 5.84. The standard InChI is InChI=1S/C17H25N3O4/c1-11(15(22)19(3)10-6-9-14(21)18-2)20-16(23)12-7-4-5-8-13(12)17(20)24/h4-5,11-13H,6-10H2,1-3H3,(H,18,21)/t11-,12+,13+/m0/s1. The molecule has 24 heavy (non-hydrogen) atoms. The molecule has 3 atom stereocenters. The van der Waals surface area contributed by atoms with Crippen molar-refractivity contribution in [3.63, 3.8) is 0 Å². The second-order valence-corrected chi connectivity index (χ2v) is 6.41. The van der Waals surface area contributed by atoms with Crippen molar-refractivity contribution in [2.75, 3.05) is 20.6 Å². The first kappa shape index (κ1) is 18.2. The van der Waals surface area contributed by atoms with Crippen LogP contribution in [0.5, 0.6) is 0 Å². The monoisotopic (exact) mass is 335 g/mol. The number of rotatable bonds is 6. The Hall–Kier alpha value is -2.18. The molecular formula is C17H25N3O4. The molecule has 2 rings (SSSR count). The van der Waals surface area contributed by atoms with Crippen LogP contribution in [0.1, 0.15) is 32.6 Å². The number of imide groups is 1. The maximum Gasteiger partial charge on any atom is 0.245 e. The highest BCUT2D eigenvalue weighted by Crippen LogP contribution is 2.36. The predicted molar refractivity (Wildman–Crippen MR) is 87.6 cm³/mol. The van der Waals surface area contributed by atoms with Crippen molar-refractivity contribution in [3.8, 4) is 0 Å². The second-order valence-electron chi connectivity index (χ2n) is 6.41. The molecule has 0 radical (unpaired) electrons. The van der Waals surface area contributed by atoms with Crippen LogP contribution in [0.15, 0.2) is 12.2 Å². The van der Waals surface area contributed by atoms with Gasteiger partial charge in [-0.3, -0.25) is 24.1 Å². The zero-order chi connectivity index (χ0) is 17.9. The van der Waals surface area contributed by atoms with Gasteiger partial charge >= 0.3 is 0 Å². The fourth-order valence-electron chi connectivity index (χ4n) is 3.35. The Bertz CT molecular complexity index is 546. The Labute approximate surface area is 142 Å². The van der Waals surface area contributed by atoms with Crippen molar-refractivity contribution in [2.24, 2.45) is 11.8 Å². The Kier molecular flexibility index (Phi) is 5.75. The lowest BCUT2D eigenvalue weighted by Crippen LogP contribution is -2.49. The van der Waals surface area contributed by atoms with E-state index in [9.17, 15) is 19.2 Å². The minimum Gasteiger partial charge on any atom is -0.359 e. The van der Waals surface area contributed by atoms with Gasteiger partial charge in [0.05, 0.1) is 11.8 Å². The van der Waals surface area contributed by atoms with Gasteiger partial charge in [0.25, 0.3) is 0 Å². The molecule has 0 unspecified atom stereocenters. The summed E-state index contributed by atoms with van der Waals surface area (Å²) in [6, 6.07) is -0.805. The summed E-state index contributed by atoms with van der Waals surface area (Å²) >= 11 is 0. The molecule has 0 aromatic heterocycles. The second kappa shape index (κ2) is 7.59. The molecule has 0 spiro atoms. The summed E-state index contributed by atoms with van der Waals surface area (Å²) in [6.45, 7) is 2.00. The van der Waals surface area contributed by atoms with Crippen LogP contribution in [-0.4, -0.2) is 60.1 Å². The molecule has 1 heterocycles. The fraction of sp³-hybridized carbons (Fsp3) is 0.647. The lowest BCUT2D eigenvalue weighted by atomic mass is 9.85. The van der Waals surface area contributed by atoms with E-state index in [2.05, 4.69) is 5.32 Å². The number of hydrogen-bond acceptors (Lipinski definition) is 4. The molecule has 7 nitrogen and oxygen atoms in total. The first-order valence-electron chi connectivity index (χ1n) is 8.36. The van der Waals surface area contributed by atoms with Crippen LogP contribution < -0.4 is 5.32 Å². The lowest BCUT2D eigenvalue weighted by molar-refractivity contribution is -0.150. The van der Waals surface area contributed by atoms with E-state index in [0.717, 1.165) is 4.90 Å². The molecule has 0 aromatic carbocycles. The molecule has 4 amide bonds. The number of allylic oxidation sites excluding steroid dienone is 2. The molecule has 0 saturated carbocycles. The van der Waals surface area contributed by atoms with Gasteiger partial charge in [0.2, 0.25) is 23.6 Å². The zero-order valence-corrected chi connectivity index (χ0v) is 14.4. The van der Waals surface area contributed by atoms with E-state index in [-0.39, 0.29) is 35.5 Å². The van der Waals surface area contributed by atoms with Gasteiger partial charge in [-0.1, -0.05) is 12.2 Å². The Morgan fingerprint density at radius 2 is 1.79 bits per heavy atom. The molecular weight excluding hydrogens is 310 g/mol. The first-order valence-corrected chi connectivity index (χ1v) is 8.36. The van der Waals surface area contributed by atoms with Crippen LogP contribution in [0.25, 0.3) is 0 Å². The summed E-state index contributed by atoms with van der Waals surface area (Å²) < 4.78 is 0. The van der Waals surface area contributed by atoms with Crippen LogP contribution in [0.3, 0.4) is 0 Å². The van der Waals surface area contributed by atoms with Crippen molar-refractivity contribution >= 4 is 23.6 Å². The summed E-state index contributed by atoms with van der Waals surface area (Å²) in [4.78, 5) is 51.4. The number of carbonyl (C=O) groups excluding carboxylic acids is 4. The molecule has 7 heteroatoms. The minimum atomic E-state index is -0.805. The molecule has 0 aromatic rings. The number of likely N-dealkylation sites (tertiary alicyclic amines) is 1. The van der Waals surface area contributed by atoms with Gasteiger partial charge < -0.3 is 10.2 Å². The number of fused-ring (bicyclic) bond motifs is 1. The summed E-state index contributed by atoms with van der Waals surface area (Å²) in [5.41, 5.74) is 0. The van der Waals surface area contributed by atoms with E-state index in [1.165, 1.54) is 4.90 Å². The van der Waals surface area contributed by atoms with Crippen molar-refractivity contribution in [1.82, 2.24) is 15.1 Å². The molecule has 1 saturated heterocycles. The van der Waals surface area contributed by atoms with Crippen LogP contribution in [0.2, 0.25) is 0 Å². The number of nitrogens with one attached hydrogen (secondary N) is 1. The minimum absolute atomic E-state index is 0.0784. The van der Waals surface area contributed by atoms with Crippen molar-refractivity contribution in [1.29, 1.82) is 0 Å². The molecule has 2 aliphatic rings. The SMILES string of the molecule is CNC(=O)CCCN(C)C(=O)[C@H](C)N1C(=O)[C@@H]2CC=CC[C@H]2C1=O. The van der Waals surface area contributed by atoms with E-state index in [1.807, 2.05) is 12.2 Å². The number of nitrogens with zero attached hydrogens (tertiary/aromatic N) is 2. The molecule has 0 bridgehead atoms. The third-order valence-electron chi connectivity index (χ3n) is 4.84. The maximum absolute atomic E-state index is 12.5. The molecule has 1 fully saturated rings. The maximum atomic E-state index is 12.5. The van der Waals surface area contributed by atoms with Crippen molar-refractivity contribution in [3.05, 3.63) is 12.2 Å². The first-order chi connectivity index (χ1) is 11.4. The molecule has 1 N–H and O–H groups in total. The van der Waals surface area contributed by atoms with E-state index >= 15 is 0 Å². The summed E-state index contributed by atoms with van der Waals surface area (Å²) in [5.74, 6) is -1.49. The van der Waals surface area contributed by atoms with Crippen LogP contribution in [0.4, 0.5) is 0 Å². The zero-order valence-electron chi connectivity index (χ0n) is 14.4. The quantitative estimate of drug-likeness (QED) is 0.559. The van der Waals surface area contributed by atoms with Gasteiger partial charge in [-0.15, -0.1) is 0 Å². The largest absolute Gasteiger partial charge is 0.359 e. The van der Waals surface area contributed by atoms with Gasteiger partial charge in [0, 0.05) is 27.1 Å². The van der Waals surface area contributed by atoms with Gasteiger partial charge in [-0.25, -0.2) is 0 Å². The number of amides is 4. The number of hydrogen-bond donors (Lipinski definition) is 1.